The Hall–Kier alpha value is -3.44. The molecule has 144 valence electrons. The molecular weight excluding hydrogens is 386 g/mol. The summed E-state index contributed by atoms with van der Waals surface area (Å²) in [5, 5.41) is 20.1. The Bertz CT molecular complexity index is 1240. The topological polar surface area (TPSA) is 66.9 Å². The number of aromatic hydroxyl groups is 1. The van der Waals surface area contributed by atoms with Crippen molar-refractivity contribution in [2.45, 2.75) is 13.5 Å². The Morgan fingerprint density at radius 1 is 1.03 bits per heavy atom. The Labute approximate surface area is 172 Å². The van der Waals surface area contributed by atoms with Crippen LogP contribution in [0.15, 0.2) is 83.0 Å². The normalized spacial score (nSPS) is 11.4. The highest BCUT2D eigenvalue weighted by molar-refractivity contribution is 6.31. The van der Waals surface area contributed by atoms with E-state index in [-0.39, 0.29) is 11.6 Å². The van der Waals surface area contributed by atoms with Crippen LogP contribution < -0.4 is 0 Å². The van der Waals surface area contributed by atoms with Crippen molar-refractivity contribution in [3.63, 3.8) is 0 Å². The Balaban J connectivity index is 1.74. The van der Waals surface area contributed by atoms with Crippen LogP contribution in [0.4, 0.5) is 5.69 Å². The number of hydrogen-bond acceptors (Lipinski definition) is 3. The van der Waals surface area contributed by atoms with Gasteiger partial charge in [0.25, 0.3) is 5.91 Å². The average molecular weight is 404 g/mol. The zero-order valence-corrected chi connectivity index (χ0v) is 16.5. The third-order valence-corrected chi connectivity index (χ3v) is 5.08. The third-order valence-electron chi connectivity index (χ3n) is 4.71. The maximum absolute atomic E-state index is 12.4. The number of para-hydroxylation sites is 1. The second kappa shape index (κ2) is 7.89. The van der Waals surface area contributed by atoms with Gasteiger partial charge >= 0.3 is 0 Å². The SMILES string of the molecule is Cc1cccc(C(=O)N=Nc2c(O)n(Cc3ccccc3Cl)c3ccccc23)c1. The van der Waals surface area contributed by atoms with E-state index in [1.165, 1.54) is 0 Å². The van der Waals surface area contributed by atoms with E-state index < -0.39 is 5.91 Å². The van der Waals surface area contributed by atoms with Crippen LogP contribution in [-0.4, -0.2) is 15.6 Å². The highest BCUT2D eigenvalue weighted by Crippen LogP contribution is 2.39. The summed E-state index contributed by atoms with van der Waals surface area (Å²) in [5.74, 6) is -0.525. The quantitative estimate of drug-likeness (QED) is 0.407. The summed E-state index contributed by atoms with van der Waals surface area (Å²) in [7, 11) is 0. The fourth-order valence-electron chi connectivity index (χ4n) is 3.26. The predicted octanol–water partition coefficient (Wildman–Crippen LogP) is 6.28. The molecule has 1 aromatic heterocycles. The lowest BCUT2D eigenvalue weighted by atomic mass is 10.1. The number of aryl methyl sites for hydroxylation is 1. The van der Waals surface area contributed by atoms with Gasteiger partial charge in [0.15, 0.2) is 5.69 Å². The first-order chi connectivity index (χ1) is 14.0. The molecule has 0 aliphatic heterocycles. The van der Waals surface area contributed by atoms with Crippen LogP contribution in [0.25, 0.3) is 10.9 Å². The molecule has 0 radical (unpaired) electrons. The zero-order chi connectivity index (χ0) is 20.4. The predicted molar refractivity (Wildman–Crippen MR) is 114 cm³/mol. The van der Waals surface area contributed by atoms with Crippen molar-refractivity contribution in [3.05, 3.63) is 94.5 Å². The summed E-state index contributed by atoms with van der Waals surface area (Å²) in [6, 6.07) is 22.1. The molecule has 0 spiro atoms. The number of nitrogens with zero attached hydrogens (tertiary/aromatic N) is 3. The van der Waals surface area contributed by atoms with Gasteiger partial charge in [-0.15, -0.1) is 10.2 Å². The van der Waals surface area contributed by atoms with Crippen LogP contribution in [0.1, 0.15) is 21.5 Å². The lowest BCUT2D eigenvalue weighted by Crippen LogP contribution is -1.99. The first-order valence-electron chi connectivity index (χ1n) is 9.11. The molecule has 4 aromatic rings. The van der Waals surface area contributed by atoms with Crippen LogP contribution in [0.5, 0.6) is 5.88 Å². The van der Waals surface area contributed by atoms with Gasteiger partial charge in [0.1, 0.15) is 0 Å². The zero-order valence-electron chi connectivity index (χ0n) is 15.7. The molecule has 0 saturated heterocycles. The monoisotopic (exact) mass is 403 g/mol. The summed E-state index contributed by atoms with van der Waals surface area (Å²) >= 11 is 6.29. The standard InChI is InChI=1S/C23H18ClN3O2/c1-15-7-6-9-16(13-15)22(28)26-25-21-18-10-3-5-12-20(18)27(23(21)29)14-17-8-2-4-11-19(17)24/h2-13,29H,14H2,1H3. The molecule has 5 nitrogen and oxygen atoms in total. The van der Waals surface area contributed by atoms with Crippen LogP contribution >= 0.6 is 11.6 Å². The van der Waals surface area contributed by atoms with Crippen molar-refractivity contribution in [1.29, 1.82) is 0 Å². The van der Waals surface area contributed by atoms with Crippen molar-refractivity contribution >= 4 is 34.1 Å². The van der Waals surface area contributed by atoms with Gasteiger partial charge in [0.05, 0.1) is 12.1 Å². The molecular formula is C23H18ClN3O2. The van der Waals surface area contributed by atoms with E-state index in [2.05, 4.69) is 10.2 Å². The molecule has 4 rings (SSSR count). The minimum absolute atomic E-state index is 0.0630. The summed E-state index contributed by atoms with van der Waals surface area (Å²) < 4.78 is 1.71. The van der Waals surface area contributed by atoms with Crippen molar-refractivity contribution < 1.29 is 9.90 Å². The van der Waals surface area contributed by atoms with E-state index in [4.69, 9.17) is 11.6 Å². The molecule has 6 heteroatoms. The van der Waals surface area contributed by atoms with Gasteiger partial charge in [-0.1, -0.05) is 65.7 Å². The van der Waals surface area contributed by atoms with Crippen LogP contribution in [0, 0.1) is 6.92 Å². The van der Waals surface area contributed by atoms with E-state index in [1.54, 1.807) is 28.8 Å². The van der Waals surface area contributed by atoms with Gasteiger partial charge in [-0.25, -0.2) is 0 Å². The number of fused-ring (bicyclic) bond motifs is 1. The highest BCUT2D eigenvalue weighted by Gasteiger charge is 2.18. The third kappa shape index (κ3) is 3.77. The van der Waals surface area contributed by atoms with Crippen molar-refractivity contribution in [1.82, 2.24) is 4.57 Å². The molecule has 0 atom stereocenters. The number of carbonyl (C=O) groups is 1. The number of halogens is 1. The molecule has 1 amide bonds. The average Bonchev–Trinajstić information content (AvgIpc) is 2.99. The number of hydrogen-bond donors (Lipinski definition) is 1. The molecule has 29 heavy (non-hydrogen) atoms. The molecule has 0 aliphatic carbocycles. The first kappa shape index (κ1) is 18.9. The Morgan fingerprint density at radius 3 is 2.59 bits per heavy atom. The molecule has 0 saturated carbocycles. The van der Waals surface area contributed by atoms with Gasteiger partial charge in [-0.3, -0.25) is 4.79 Å². The molecule has 1 heterocycles. The number of amides is 1. The van der Waals surface area contributed by atoms with Crippen LogP contribution in [0.2, 0.25) is 5.02 Å². The summed E-state index contributed by atoms with van der Waals surface area (Å²) in [6.45, 7) is 2.27. The fourth-order valence-corrected chi connectivity index (χ4v) is 3.45. The molecule has 1 N–H and O–H groups in total. The van der Waals surface area contributed by atoms with Crippen molar-refractivity contribution in [3.8, 4) is 5.88 Å². The van der Waals surface area contributed by atoms with Gasteiger partial charge in [-0.05, 0) is 36.8 Å². The van der Waals surface area contributed by atoms with E-state index >= 15 is 0 Å². The maximum Gasteiger partial charge on any atom is 0.295 e. The lowest BCUT2D eigenvalue weighted by Gasteiger charge is -2.08. The number of rotatable bonds is 4. The van der Waals surface area contributed by atoms with Gasteiger partial charge in [0, 0.05) is 16.0 Å². The van der Waals surface area contributed by atoms with E-state index in [0.717, 1.165) is 16.6 Å². The maximum atomic E-state index is 12.4. The first-order valence-corrected chi connectivity index (χ1v) is 9.48. The second-order valence-electron chi connectivity index (χ2n) is 6.74. The van der Waals surface area contributed by atoms with Crippen LogP contribution in [0.3, 0.4) is 0 Å². The lowest BCUT2D eigenvalue weighted by molar-refractivity contribution is 0.0995. The summed E-state index contributed by atoms with van der Waals surface area (Å²) in [6.07, 6.45) is 0. The van der Waals surface area contributed by atoms with Gasteiger partial charge in [0.2, 0.25) is 5.88 Å². The fraction of sp³-hybridized carbons (Fsp3) is 0.0870. The summed E-state index contributed by atoms with van der Waals surface area (Å²) in [5.41, 5.74) is 3.32. The Morgan fingerprint density at radius 2 is 1.79 bits per heavy atom. The second-order valence-corrected chi connectivity index (χ2v) is 7.15. The molecule has 3 aromatic carbocycles. The largest absolute Gasteiger partial charge is 0.493 e. The Kier molecular flexibility index (Phi) is 5.14. The smallest absolute Gasteiger partial charge is 0.295 e. The van der Waals surface area contributed by atoms with Gasteiger partial charge < -0.3 is 9.67 Å². The molecule has 0 aliphatic rings. The molecule has 0 bridgehead atoms. The van der Waals surface area contributed by atoms with Gasteiger partial charge in [-0.2, -0.15) is 0 Å². The number of aromatic nitrogens is 1. The number of azo groups is 1. The van der Waals surface area contributed by atoms with Crippen molar-refractivity contribution in [2.75, 3.05) is 0 Å². The molecule has 0 unspecified atom stereocenters. The number of benzene rings is 3. The van der Waals surface area contributed by atoms with E-state index in [9.17, 15) is 9.90 Å². The highest BCUT2D eigenvalue weighted by atomic mass is 35.5. The minimum Gasteiger partial charge on any atom is -0.493 e. The minimum atomic E-state index is -0.462. The van der Waals surface area contributed by atoms with E-state index in [0.29, 0.717) is 22.5 Å². The molecule has 0 fully saturated rings. The van der Waals surface area contributed by atoms with E-state index in [1.807, 2.05) is 55.5 Å². The summed E-state index contributed by atoms with van der Waals surface area (Å²) in [4.78, 5) is 12.4. The van der Waals surface area contributed by atoms with Crippen LogP contribution in [-0.2, 0) is 6.54 Å². The number of carbonyl (C=O) groups excluding carboxylic acids is 1. The van der Waals surface area contributed by atoms with Crippen molar-refractivity contribution in [2.24, 2.45) is 10.2 Å².